The number of rotatable bonds is 5. The molecule has 1 heterocycles. The van der Waals surface area contributed by atoms with Crippen LogP contribution in [-0.4, -0.2) is 15.8 Å². The predicted molar refractivity (Wildman–Crippen MR) is 89.1 cm³/mol. The quantitative estimate of drug-likeness (QED) is 0.904. The van der Waals surface area contributed by atoms with Gasteiger partial charge < -0.3 is 5.32 Å². The summed E-state index contributed by atoms with van der Waals surface area (Å²) >= 11 is 0. The standard InChI is InChI=1S/C18H27N3/c1-7-17-14(5)20-21(15(17)6)18-10-16(9-8-13(18)4)11-19-12(2)3/h8-10,12,19H,7,11H2,1-6H3. The summed E-state index contributed by atoms with van der Waals surface area (Å²) in [4.78, 5) is 0. The van der Waals surface area contributed by atoms with Crippen LogP contribution in [0.4, 0.5) is 0 Å². The highest BCUT2D eigenvalue weighted by Crippen LogP contribution is 2.22. The third-order valence-corrected chi connectivity index (χ3v) is 4.01. The number of benzene rings is 1. The summed E-state index contributed by atoms with van der Waals surface area (Å²) in [6.07, 6.45) is 1.03. The summed E-state index contributed by atoms with van der Waals surface area (Å²) < 4.78 is 2.10. The van der Waals surface area contributed by atoms with Crippen LogP contribution >= 0.6 is 0 Å². The Morgan fingerprint density at radius 3 is 2.48 bits per heavy atom. The van der Waals surface area contributed by atoms with Crippen LogP contribution in [0.3, 0.4) is 0 Å². The zero-order valence-corrected chi connectivity index (χ0v) is 14.1. The van der Waals surface area contributed by atoms with Crippen LogP contribution in [0.15, 0.2) is 18.2 Å². The first kappa shape index (κ1) is 15.8. The third kappa shape index (κ3) is 3.35. The van der Waals surface area contributed by atoms with E-state index in [1.54, 1.807) is 0 Å². The maximum absolute atomic E-state index is 4.74. The van der Waals surface area contributed by atoms with Crippen molar-refractivity contribution in [2.45, 2.75) is 60.5 Å². The van der Waals surface area contributed by atoms with Crippen molar-refractivity contribution in [1.82, 2.24) is 15.1 Å². The van der Waals surface area contributed by atoms with Crippen molar-refractivity contribution in [3.05, 3.63) is 46.3 Å². The third-order valence-electron chi connectivity index (χ3n) is 4.01. The van der Waals surface area contributed by atoms with Gasteiger partial charge in [-0.25, -0.2) is 4.68 Å². The number of aryl methyl sites for hydroxylation is 2. The Morgan fingerprint density at radius 1 is 1.19 bits per heavy atom. The second kappa shape index (κ2) is 6.44. The second-order valence-corrected chi connectivity index (χ2v) is 6.07. The lowest BCUT2D eigenvalue weighted by atomic mass is 10.1. The van der Waals surface area contributed by atoms with Crippen LogP contribution in [-0.2, 0) is 13.0 Å². The van der Waals surface area contributed by atoms with E-state index in [0.717, 1.165) is 18.7 Å². The van der Waals surface area contributed by atoms with E-state index in [1.165, 1.54) is 28.1 Å². The highest BCUT2D eigenvalue weighted by Gasteiger charge is 2.13. The summed E-state index contributed by atoms with van der Waals surface area (Å²) in [5.74, 6) is 0. The summed E-state index contributed by atoms with van der Waals surface area (Å²) in [6.45, 7) is 13.8. The van der Waals surface area contributed by atoms with E-state index in [2.05, 4.69) is 69.7 Å². The number of nitrogens with one attached hydrogen (secondary N) is 1. The predicted octanol–water partition coefficient (Wildman–Crippen LogP) is 3.86. The van der Waals surface area contributed by atoms with Crippen molar-refractivity contribution < 1.29 is 0 Å². The molecule has 0 aliphatic rings. The molecule has 0 spiro atoms. The summed E-state index contributed by atoms with van der Waals surface area (Å²) in [5, 5.41) is 8.22. The molecule has 114 valence electrons. The molecule has 0 bridgehead atoms. The molecule has 0 atom stereocenters. The van der Waals surface area contributed by atoms with Crippen molar-refractivity contribution in [3.63, 3.8) is 0 Å². The summed E-state index contributed by atoms with van der Waals surface area (Å²) in [7, 11) is 0. The van der Waals surface area contributed by atoms with Crippen molar-refractivity contribution in [3.8, 4) is 5.69 Å². The molecule has 0 aliphatic carbocycles. The van der Waals surface area contributed by atoms with Crippen molar-refractivity contribution in [1.29, 1.82) is 0 Å². The molecule has 0 saturated heterocycles. The molecule has 0 saturated carbocycles. The molecule has 0 fully saturated rings. The van der Waals surface area contributed by atoms with Gasteiger partial charge in [-0.2, -0.15) is 5.10 Å². The van der Waals surface area contributed by atoms with E-state index in [4.69, 9.17) is 5.10 Å². The van der Waals surface area contributed by atoms with Gasteiger partial charge in [-0.1, -0.05) is 32.9 Å². The smallest absolute Gasteiger partial charge is 0.0681 e. The molecule has 0 amide bonds. The molecule has 1 aromatic heterocycles. The Kier molecular flexibility index (Phi) is 4.84. The Labute approximate surface area is 128 Å². The fourth-order valence-electron chi connectivity index (χ4n) is 2.74. The van der Waals surface area contributed by atoms with Gasteiger partial charge in [0.05, 0.1) is 11.4 Å². The van der Waals surface area contributed by atoms with Crippen LogP contribution in [0.2, 0.25) is 0 Å². The van der Waals surface area contributed by atoms with E-state index in [-0.39, 0.29) is 0 Å². The second-order valence-electron chi connectivity index (χ2n) is 6.07. The summed E-state index contributed by atoms with van der Waals surface area (Å²) in [6, 6.07) is 7.13. The molecule has 3 heteroatoms. The van der Waals surface area contributed by atoms with E-state index < -0.39 is 0 Å². The Hall–Kier alpha value is -1.61. The van der Waals surface area contributed by atoms with Crippen LogP contribution in [0, 0.1) is 20.8 Å². The van der Waals surface area contributed by atoms with E-state index >= 15 is 0 Å². The van der Waals surface area contributed by atoms with Gasteiger partial charge in [0.15, 0.2) is 0 Å². The van der Waals surface area contributed by atoms with Gasteiger partial charge >= 0.3 is 0 Å². The highest BCUT2D eigenvalue weighted by molar-refractivity contribution is 5.45. The van der Waals surface area contributed by atoms with Gasteiger partial charge in [-0.3, -0.25) is 0 Å². The van der Waals surface area contributed by atoms with Crippen LogP contribution in [0.1, 0.15) is 48.8 Å². The van der Waals surface area contributed by atoms with Crippen molar-refractivity contribution in [2.24, 2.45) is 0 Å². The van der Waals surface area contributed by atoms with Crippen molar-refractivity contribution >= 4 is 0 Å². The zero-order chi connectivity index (χ0) is 15.6. The molecule has 3 nitrogen and oxygen atoms in total. The lowest BCUT2D eigenvalue weighted by Crippen LogP contribution is -2.22. The molecule has 0 aliphatic heterocycles. The van der Waals surface area contributed by atoms with Gasteiger partial charge in [0, 0.05) is 18.3 Å². The highest BCUT2D eigenvalue weighted by atomic mass is 15.3. The van der Waals surface area contributed by atoms with Gasteiger partial charge in [-0.15, -0.1) is 0 Å². The van der Waals surface area contributed by atoms with Crippen LogP contribution in [0.25, 0.3) is 5.69 Å². The maximum Gasteiger partial charge on any atom is 0.0681 e. The SMILES string of the molecule is CCc1c(C)nn(-c2cc(CNC(C)C)ccc2C)c1C. The largest absolute Gasteiger partial charge is 0.310 e. The number of hydrogen-bond acceptors (Lipinski definition) is 2. The molecule has 2 rings (SSSR count). The molecular weight excluding hydrogens is 258 g/mol. The normalized spacial score (nSPS) is 11.4. The van der Waals surface area contributed by atoms with E-state index in [1.807, 2.05) is 0 Å². The van der Waals surface area contributed by atoms with E-state index in [9.17, 15) is 0 Å². The fourth-order valence-corrected chi connectivity index (χ4v) is 2.74. The van der Waals surface area contributed by atoms with Crippen molar-refractivity contribution in [2.75, 3.05) is 0 Å². The topological polar surface area (TPSA) is 29.9 Å². The lowest BCUT2D eigenvalue weighted by molar-refractivity contribution is 0.588. The monoisotopic (exact) mass is 285 g/mol. The lowest BCUT2D eigenvalue weighted by Gasteiger charge is -2.13. The van der Waals surface area contributed by atoms with Crippen LogP contribution in [0.5, 0.6) is 0 Å². The number of aromatic nitrogens is 2. The molecule has 2 aromatic rings. The number of hydrogen-bond donors (Lipinski definition) is 1. The number of nitrogens with zero attached hydrogens (tertiary/aromatic N) is 2. The molecule has 1 aromatic carbocycles. The Morgan fingerprint density at radius 2 is 1.90 bits per heavy atom. The van der Waals surface area contributed by atoms with Crippen LogP contribution < -0.4 is 5.32 Å². The van der Waals surface area contributed by atoms with Gasteiger partial charge in [-0.05, 0) is 49.9 Å². The minimum Gasteiger partial charge on any atom is -0.310 e. The summed E-state index contributed by atoms with van der Waals surface area (Å²) in [5.41, 5.74) is 7.51. The zero-order valence-electron chi connectivity index (χ0n) is 14.1. The molecule has 0 radical (unpaired) electrons. The minimum atomic E-state index is 0.495. The van der Waals surface area contributed by atoms with Gasteiger partial charge in [0.2, 0.25) is 0 Å². The van der Waals surface area contributed by atoms with Gasteiger partial charge in [0.1, 0.15) is 0 Å². The molecule has 21 heavy (non-hydrogen) atoms. The fraction of sp³-hybridized carbons (Fsp3) is 0.500. The first-order chi connectivity index (χ1) is 9.93. The Bertz CT molecular complexity index is 624. The average molecular weight is 285 g/mol. The molecule has 0 unspecified atom stereocenters. The first-order valence-corrected chi connectivity index (χ1v) is 7.82. The molecule has 1 N–H and O–H groups in total. The first-order valence-electron chi connectivity index (χ1n) is 7.82. The minimum absolute atomic E-state index is 0.495. The Balaban J connectivity index is 2.41. The van der Waals surface area contributed by atoms with Gasteiger partial charge in [0.25, 0.3) is 0 Å². The average Bonchev–Trinajstić information content (AvgIpc) is 2.72. The maximum atomic E-state index is 4.74. The molecular formula is C18H27N3. The van der Waals surface area contributed by atoms with E-state index in [0.29, 0.717) is 6.04 Å².